The molecule has 3 heterocycles. The van der Waals surface area contributed by atoms with Crippen LogP contribution in [0.25, 0.3) is 0 Å². The molecule has 24 heavy (non-hydrogen) atoms. The zero-order valence-corrected chi connectivity index (χ0v) is 14.4. The lowest BCUT2D eigenvalue weighted by atomic mass is 10.0. The van der Waals surface area contributed by atoms with E-state index >= 15 is 0 Å². The molecule has 2 amide bonds. The van der Waals surface area contributed by atoms with Crippen LogP contribution in [0.5, 0.6) is 0 Å². The third-order valence-corrected chi connectivity index (χ3v) is 4.57. The summed E-state index contributed by atoms with van der Waals surface area (Å²) < 4.78 is 0. The summed E-state index contributed by atoms with van der Waals surface area (Å²) in [5.74, 6) is -0.108. The number of anilines is 1. The van der Waals surface area contributed by atoms with E-state index in [0.717, 1.165) is 17.7 Å². The van der Waals surface area contributed by atoms with Crippen molar-refractivity contribution >= 4 is 39.9 Å². The van der Waals surface area contributed by atoms with Crippen molar-refractivity contribution < 1.29 is 9.59 Å². The Balaban J connectivity index is 1.45. The highest BCUT2D eigenvalue weighted by atomic mass is 35.5. The van der Waals surface area contributed by atoms with Crippen LogP contribution in [0.3, 0.4) is 0 Å². The largest absolute Gasteiger partial charge is 0.338 e. The highest BCUT2D eigenvalue weighted by Gasteiger charge is 2.21. The Labute approximate surface area is 148 Å². The van der Waals surface area contributed by atoms with Crippen molar-refractivity contribution in [2.24, 2.45) is 0 Å². The summed E-state index contributed by atoms with van der Waals surface area (Å²) in [6.45, 7) is 1.18. The Bertz CT molecular complexity index is 737. The van der Waals surface area contributed by atoms with Gasteiger partial charge in [0.15, 0.2) is 0 Å². The maximum Gasteiger partial charge on any atom is 0.226 e. The molecule has 126 valence electrons. The fraction of sp³-hybridized carbons (Fsp3) is 0.400. The van der Waals surface area contributed by atoms with Crippen molar-refractivity contribution in [3.63, 3.8) is 0 Å². The van der Waals surface area contributed by atoms with E-state index in [9.17, 15) is 9.59 Å². The average Bonchev–Trinajstić information content (AvgIpc) is 3.06. The van der Waals surface area contributed by atoms with E-state index in [-0.39, 0.29) is 18.2 Å². The first-order valence-electron chi connectivity index (χ1n) is 7.59. The van der Waals surface area contributed by atoms with Gasteiger partial charge >= 0.3 is 0 Å². The lowest BCUT2D eigenvalue weighted by molar-refractivity contribution is -0.132. The Hall–Kier alpha value is -2.06. The van der Waals surface area contributed by atoms with E-state index in [0.29, 0.717) is 36.1 Å². The first-order valence-corrected chi connectivity index (χ1v) is 8.84. The molecule has 1 N–H and O–H groups in total. The predicted octanol–water partition coefficient (Wildman–Crippen LogP) is 2.28. The molecule has 0 saturated carbocycles. The van der Waals surface area contributed by atoms with E-state index in [1.807, 2.05) is 6.07 Å². The van der Waals surface area contributed by atoms with Gasteiger partial charge in [0.25, 0.3) is 0 Å². The molecule has 0 unspecified atom stereocenters. The third-order valence-electron chi connectivity index (χ3n) is 3.76. The van der Waals surface area contributed by atoms with E-state index < -0.39 is 0 Å². The standard InChI is InChI=1S/C15H16ClN5O2S/c16-11-6-10-8-21(5-4-12(10)17-7-11)14(23)3-1-2-13(22)19-15-20-18-9-24-15/h6-7,9H,1-5,8H2,(H,19,20,22). The summed E-state index contributed by atoms with van der Waals surface area (Å²) in [5, 5.41) is 11.1. The smallest absolute Gasteiger partial charge is 0.226 e. The second kappa shape index (κ2) is 7.67. The molecule has 0 bridgehead atoms. The van der Waals surface area contributed by atoms with Gasteiger partial charge in [0.05, 0.1) is 5.02 Å². The van der Waals surface area contributed by atoms with E-state index in [4.69, 9.17) is 11.6 Å². The fourth-order valence-corrected chi connectivity index (χ4v) is 3.22. The Kier molecular flexibility index (Phi) is 5.37. The molecule has 1 aliphatic rings. The highest BCUT2D eigenvalue weighted by Crippen LogP contribution is 2.21. The normalized spacial score (nSPS) is 13.5. The number of carbonyl (C=O) groups is 2. The van der Waals surface area contributed by atoms with Gasteiger partial charge < -0.3 is 10.2 Å². The van der Waals surface area contributed by atoms with Crippen LogP contribution in [-0.2, 0) is 22.6 Å². The molecule has 0 spiro atoms. The van der Waals surface area contributed by atoms with Crippen LogP contribution in [-0.4, -0.2) is 38.4 Å². The summed E-state index contributed by atoms with van der Waals surface area (Å²) >= 11 is 7.22. The number of pyridine rings is 1. The molecule has 7 nitrogen and oxygen atoms in total. The zero-order chi connectivity index (χ0) is 16.9. The van der Waals surface area contributed by atoms with Gasteiger partial charge in [0.2, 0.25) is 16.9 Å². The number of nitrogens with zero attached hydrogens (tertiary/aromatic N) is 4. The molecule has 3 rings (SSSR count). The van der Waals surface area contributed by atoms with Crippen LogP contribution in [0.1, 0.15) is 30.5 Å². The van der Waals surface area contributed by atoms with Gasteiger partial charge in [0.1, 0.15) is 5.51 Å². The SMILES string of the molecule is O=C(CCCC(=O)N1CCc2ncc(Cl)cc2C1)Nc1nncs1. The Morgan fingerprint density at radius 3 is 3.04 bits per heavy atom. The van der Waals surface area contributed by atoms with Crippen molar-refractivity contribution in [1.29, 1.82) is 0 Å². The van der Waals surface area contributed by atoms with Crippen molar-refractivity contribution in [3.05, 3.63) is 34.1 Å². The molecule has 2 aromatic rings. The Morgan fingerprint density at radius 1 is 1.38 bits per heavy atom. The van der Waals surface area contributed by atoms with Gasteiger partial charge in [-0.1, -0.05) is 22.9 Å². The molecule has 9 heteroatoms. The van der Waals surface area contributed by atoms with Crippen LogP contribution in [0.2, 0.25) is 5.02 Å². The molecule has 2 aromatic heterocycles. The minimum Gasteiger partial charge on any atom is -0.338 e. The zero-order valence-electron chi connectivity index (χ0n) is 12.9. The number of fused-ring (bicyclic) bond motifs is 1. The number of aromatic nitrogens is 3. The van der Waals surface area contributed by atoms with Crippen molar-refractivity contribution in [2.75, 3.05) is 11.9 Å². The molecule has 0 fully saturated rings. The molecule has 0 aliphatic carbocycles. The van der Waals surface area contributed by atoms with Gasteiger partial charge in [-0.25, -0.2) is 0 Å². The summed E-state index contributed by atoms with van der Waals surface area (Å²) in [6, 6.07) is 1.86. The second-order valence-electron chi connectivity index (χ2n) is 5.47. The van der Waals surface area contributed by atoms with Gasteiger partial charge in [-0.05, 0) is 18.1 Å². The topological polar surface area (TPSA) is 88.1 Å². The van der Waals surface area contributed by atoms with E-state index in [1.165, 1.54) is 11.3 Å². The van der Waals surface area contributed by atoms with Gasteiger partial charge in [-0.2, -0.15) is 0 Å². The van der Waals surface area contributed by atoms with Crippen LogP contribution in [0.4, 0.5) is 5.13 Å². The molecule has 1 aliphatic heterocycles. The number of halogens is 1. The first kappa shape index (κ1) is 16.8. The minimum atomic E-state index is -0.153. The fourth-order valence-electron chi connectivity index (χ4n) is 2.58. The molecule has 0 saturated heterocycles. The number of hydrogen-bond donors (Lipinski definition) is 1. The third kappa shape index (κ3) is 4.27. The summed E-state index contributed by atoms with van der Waals surface area (Å²) in [5.41, 5.74) is 3.55. The summed E-state index contributed by atoms with van der Waals surface area (Å²) in [7, 11) is 0. The molecular weight excluding hydrogens is 350 g/mol. The van der Waals surface area contributed by atoms with Crippen LogP contribution in [0.15, 0.2) is 17.8 Å². The van der Waals surface area contributed by atoms with Gasteiger partial charge in [0, 0.05) is 44.2 Å². The molecule has 0 aromatic carbocycles. The predicted molar refractivity (Wildman–Crippen MR) is 90.8 cm³/mol. The number of amides is 2. The van der Waals surface area contributed by atoms with Gasteiger partial charge in [-0.3, -0.25) is 14.6 Å². The highest BCUT2D eigenvalue weighted by molar-refractivity contribution is 7.13. The second-order valence-corrected chi connectivity index (χ2v) is 6.74. The van der Waals surface area contributed by atoms with Crippen LogP contribution < -0.4 is 5.32 Å². The quantitative estimate of drug-likeness (QED) is 0.878. The van der Waals surface area contributed by atoms with E-state index in [1.54, 1.807) is 16.6 Å². The molecule has 0 atom stereocenters. The summed E-state index contributed by atoms with van der Waals surface area (Å²) in [6.07, 6.45) is 3.49. The Morgan fingerprint density at radius 2 is 2.25 bits per heavy atom. The van der Waals surface area contributed by atoms with Crippen molar-refractivity contribution in [2.45, 2.75) is 32.2 Å². The lowest BCUT2D eigenvalue weighted by Crippen LogP contribution is -2.36. The van der Waals surface area contributed by atoms with Crippen molar-refractivity contribution in [3.8, 4) is 0 Å². The maximum atomic E-state index is 12.3. The van der Waals surface area contributed by atoms with Crippen LogP contribution >= 0.6 is 22.9 Å². The van der Waals surface area contributed by atoms with Crippen molar-refractivity contribution in [1.82, 2.24) is 20.1 Å². The number of nitrogens with one attached hydrogen (secondary N) is 1. The monoisotopic (exact) mass is 365 g/mol. The first-order chi connectivity index (χ1) is 11.6. The number of hydrogen-bond acceptors (Lipinski definition) is 6. The molecule has 0 radical (unpaired) electrons. The lowest BCUT2D eigenvalue weighted by Gasteiger charge is -2.28. The maximum absolute atomic E-state index is 12.3. The minimum absolute atomic E-state index is 0.0457. The number of rotatable bonds is 5. The van der Waals surface area contributed by atoms with Gasteiger partial charge in [-0.15, -0.1) is 10.2 Å². The molecular formula is C15H16ClN5O2S. The summed E-state index contributed by atoms with van der Waals surface area (Å²) in [4.78, 5) is 30.2. The number of carbonyl (C=O) groups excluding carboxylic acids is 2. The average molecular weight is 366 g/mol. The van der Waals surface area contributed by atoms with E-state index in [2.05, 4.69) is 20.5 Å². The van der Waals surface area contributed by atoms with Crippen LogP contribution in [0, 0.1) is 0 Å².